The number of hydrogen-bond acceptors (Lipinski definition) is 4. The third kappa shape index (κ3) is 8.88. The summed E-state index contributed by atoms with van der Waals surface area (Å²) in [6.07, 6.45) is 12.1. The van der Waals surface area contributed by atoms with Gasteiger partial charge in [0.25, 0.3) is 0 Å². The number of methoxy groups -OCH3 is 1. The molecule has 1 aromatic rings. The summed E-state index contributed by atoms with van der Waals surface area (Å²) in [5, 5.41) is 22.6. The Labute approximate surface area is 222 Å². The van der Waals surface area contributed by atoms with Gasteiger partial charge in [-0.3, -0.25) is 0 Å². The molecule has 3 amide bonds. The van der Waals surface area contributed by atoms with E-state index in [9.17, 15) is 19.8 Å². The zero-order valence-electron chi connectivity index (χ0n) is 22.6. The minimum atomic E-state index is -1.14. The van der Waals surface area contributed by atoms with Crippen LogP contribution in [0.2, 0.25) is 0 Å². The minimum absolute atomic E-state index is 0.134. The highest BCUT2D eigenvalue weighted by Crippen LogP contribution is 2.39. The van der Waals surface area contributed by atoms with Crippen LogP contribution < -0.4 is 5.43 Å². The number of nitrogens with zero attached hydrogens (tertiary/aromatic N) is 2. The minimum Gasteiger partial charge on any atom is -0.464 e. The molecule has 2 atom stereocenters. The second-order valence-electron chi connectivity index (χ2n) is 10.9. The molecule has 37 heavy (non-hydrogen) atoms. The molecule has 2 fully saturated rings. The molecule has 0 bridgehead atoms. The number of amides is 3. The zero-order valence-corrected chi connectivity index (χ0v) is 22.6. The molecule has 1 unspecified atom stereocenters. The molecule has 3 N–H and O–H groups in total. The van der Waals surface area contributed by atoms with E-state index >= 15 is 0 Å². The van der Waals surface area contributed by atoms with Crippen molar-refractivity contribution in [1.29, 1.82) is 0 Å². The molecule has 3 rings (SSSR count). The summed E-state index contributed by atoms with van der Waals surface area (Å²) in [5.41, 5.74) is 2.43. The Balaban J connectivity index is 1.56. The summed E-state index contributed by atoms with van der Waals surface area (Å²) >= 11 is 0. The fourth-order valence-electron chi connectivity index (χ4n) is 6.07. The molecule has 1 heterocycles. The Morgan fingerprint density at radius 1 is 1.05 bits per heavy atom. The van der Waals surface area contributed by atoms with Crippen LogP contribution in [0.1, 0.15) is 89.0 Å². The number of carbonyl (C=O) groups is 2. The Bertz CT molecular complexity index is 817. The van der Waals surface area contributed by atoms with E-state index < -0.39 is 17.7 Å². The Morgan fingerprint density at radius 2 is 1.81 bits per heavy atom. The molecule has 1 aromatic carbocycles. The third-order valence-electron chi connectivity index (χ3n) is 8.24. The Hall–Kier alpha value is -2.32. The fourth-order valence-corrected chi connectivity index (χ4v) is 6.07. The SMILES string of the molecule is COCCCC[C@@](O)(c1ccccc1)C1CCCN(C(=O)NN(CCCCC2CCCCC2)C(=O)O)C1. The van der Waals surface area contributed by atoms with E-state index in [4.69, 9.17) is 4.74 Å². The lowest BCUT2D eigenvalue weighted by atomic mass is 9.74. The van der Waals surface area contributed by atoms with Crippen molar-refractivity contribution >= 4 is 12.1 Å². The van der Waals surface area contributed by atoms with Crippen molar-refractivity contribution in [3.05, 3.63) is 35.9 Å². The lowest BCUT2D eigenvalue weighted by molar-refractivity contribution is -0.0569. The van der Waals surface area contributed by atoms with E-state index in [-0.39, 0.29) is 5.92 Å². The van der Waals surface area contributed by atoms with Gasteiger partial charge >= 0.3 is 12.1 Å². The standard InChI is InChI=1S/C29H47N3O5/c1-37-22-11-9-19-29(36,25-16-6-3-7-17-25)26-18-12-20-31(23-26)27(33)30-32(28(34)35)21-10-8-15-24-13-4-2-5-14-24/h3,6-7,16-17,24,26,36H,2,4-5,8-15,18-23H2,1H3,(H,30,33)(H,34,35)/t26?,29-/m1/s1. The lowest BCUT2D eigenvalue weighted by Gasteiger charge is -2.43. The fraction of sp³-hybridized carbons (Fsp3) is 0.724. The van der Waals surface area contributed by atoms with Crippen molar-refractivity contribution in [3.63, 3.8) is 0 Å². The molecule has 1 saturated heterocycles. The summed E-state index contributed by atoms with van der Waals surface area (Å²) in [4.78, 5) is 26.6. The lowest BCUT2D eigenvalue weighted by Crippen LogP contribution is -2.55. The number of carboxylic acid groups (broad SMARTS) is 1. The first-order chi connectivity index (χ1) is 17.9. The monoisotopic (exact) mass is 517 g/mol. The predicted molar refractivity (Wildman–Crippen MR) is 144 cm³/mol. The number of unbranched alkanes of at least 4 members (excludes halogenated alkanes) is 2. The highest BCUT2D eigenvalue weighted by Gasteiger charge is 2.41. The van der Waals surface area contributed by atoms with Crippen LogP contribution in [0, 0.1) is 11.8 Å². The quantitative estimate of drug-likeness (QED) is 0.242. The van der Waals surface area contributed by atoms with Crippen LogP contribution in [0.5, 0.6) is 0 Å². The van der Waals surface area contributed by atoms with Gasteiger partial charge < -0.3 is 19.8 Å². The normalized spacial score (nSPS) is 20.3. The van der Waals surface area contributed by atoms with E-state index in [2.05, 4.69) is 5.43 Å². The molecule has 0 aromatic heterocycles. The molecule has 0 spiro atoms. The van der Waals surface area contributed by atoms with Gasteiger partial charge in [0.1, 0.15) is 0 Å². The second kappa shape index (κ2) is 15.2. The maximum atomic E-state index is 13.1. The van der Waals surface area contributed by atoms with Gasteiger partial charge in [-0.2, -0.15) is 0 Å². The number of ether oxygens (including phenoxy) is 1. The van der Waals surface area contributed by atoms with E-state index in [1.807, 2.05) is 30.3 Å². The molecule has 2 aliphatic rings. The van der Waals surface area contributed by atoms with Gasteiger partial charge in [-0.25, -0.2) is 20.0 Å². The topological polar surface area (TPSA) is 102 Å². The first-order valence-corrected chi connectivity index (χ1v) is 14.3. The summed E-state index contributed by atoms with van der Waals surface area (Å²) in [6.45, 7) is 1.87. The number of carbonyl (C=O) groups excluding carboxylic acids is 1. The number of nitrogens with one attached hydrogen (secondary N) is 1. The highest BCUT2D eigenvalue weighted by atomic mass is 16.5. The van der Waals surface area contributed by atoms with E-state index in [0.29, 0.717) is 32.7 Å². The van der Waals surface area contributed by atoms with Gasteiger partial charge in [0.2, 0.25) is 0 Å². The second-order valence-corrected chi connectivity index (χ2v) is 10.9. The van der Waals surface area contributed by atoms with Gasteiger partial charge in [-0.05, 0) is 50.0 Å². The van der Waals surface area contributed by atoms with Crippen LogP contribution in [0.15, 0.2) is 30.3 Å². The number of urea groups is 1. The van der Waals surface area contributed by atoms with Gasteiger partial charge in [-0.15, -0.1) is 0 Å². The summed E-state index contributed by atoms with van der Waals surface area (Å²) in [7, 11) is 1.68. The van der Waals surface area contributed by atoms with Gasteiger partial charge in [0.05, 0.1) is 5.60 Å². The number of rotatable bonds is 12. The maximum Gasteiger partial charge on any atom is 0.426 e. The molecular weight excluding hydrogens is 470 g/mol. The van der Waals surface area contributed by atoms with E-state index in [1.54, 1.807) is 12.0 Å². The molecule has 0 radical (unpaired) electrons. The van der Waals surface area contributed by atoms with Gasteiger partial charge in [0.15, 0.2) is 0 Å². The van der Waals surface area contributed by atoms with E-state index in [0.717, 1.165) is 61.4 Å². The molecule has 1 saturated carbocycles. The first-order valence-electron chi connectivity index (χ1n) is 14.3. The summed E-state index contributed by atoms with van der Waals surface area (Å²) in [6, 6.07) is 9.30. The first kappa shape index (κ1) is 29.2. The van der Waals surface area contributed by atoms with Gasteiger partial charge in [0, 0.05) is 39.3 Å². The number of piperidine rings is 1. The largest absolute Gasteiger partial charge is 0.464 e. The number of hydrazine groups is 1. The molecule has 1 aliphatic carbocycles. The number of likely N-dealkylation sites (tertiary alicyclic amines) is 1. The number of aliphatic hydroxyl groups is 1. The van der Waals surface area contributed by atoms with Crippen molar-refractivity contribution in [2.24, 2.45) is 11.8 Å². The smallest absolute Gasteiger partial charge is 0.426 e. The zero-order chi connectivity index (χ0) is 26.5. The van der Waals surface area contributed by atoms with Crippen LogP contribution in [-0.4, -0.2) is 65.6 Å². The van der Waals surface area contributed by atoms with Crippen LogP contribution in [0.4, 0.5) is 9.59 Å². The molecule has 1 aliphatic heterocycles. The van der Waals surface area contributed by atoms with E-state index in [1.165, 1.54) is 32.1 Å². The molecule has 208 valence electrons. The third-order valence-corrected chi connectivity index (χ3v) is 8.24. The van der Waals surface area contributed by atoms with Crippen LogP contribution in [0.25, 0.3) is 0 Å². The average molecular weight is 518 g/mol. The van der Waals surface area contributed by atoms with Crippen molar-refractivity contribution in [1.82, 2.24) is 15.3 Å². The van der Waals surface area contributed by atoms with Crippen molar-refractivity contribution < 1.29 is 24.5 Å². The maximum absolute atomic E-state index is 13.1. The Morgan fingerprint density at radius 3 is 2.51 bits per heavy atom. The van der Waals surface area contributed by atoms with Gasteiger partial charge in [-0.1, -0.05) is 75.3 Å². The predicted octanol–water partition coefficient (Wildman–Crippen LogP) is 5.76. The van der Waals surface area contributed by atoms with Crippen LogP contribution in [0.3, 0.4) is 0 Å². The highest BCUT2D eigenvalue weighted by molar-refractivity contribution is 5.77. The summed E-state index contributed by atoms with van der Waals surface area (Å²) < 4.78 is 5.18. The Kier molecular flexibility index (Phi) is 12.0. The van der Waals surface area contributed by atoms with Crippen molar-refractivity contribution in [3.8, 4) is 0 Å². The number of hydrogen-bond donors (Lipinski definition) is 3. The molecule has 8 nitrogen and oxygen atoms in total. The summed E-state index contributed by atoms with van der Waals surface area (Å²) in [5.74, 6) is 0.635. The van der Waals surface area contributed by atoms with Crippen LogP contribution >= 0.6 is 0 Å². The average Bonchev–Trinajstić information content (AvgIpc) is 2.93. The van der Waals surface area contributed by atoms with Crippen molar-refractivity contribution in [2.75, 3.05) is 33.4 Å². The molecular formula is C29H47N3O5. The van der Waals surface area contributed by atoms with Crippen molar-refractivity contribution in [2.45, 2.75) is 89.1 Å². The van der Waals surface area contributed by atoms with Crippen LogP contribution in [-0.2, 0) is 10.3 Å². The number of benzene rings is 1. The molecule has 8 heteroatoms.